The van der Waals surface area contributed by atoms with Crippen LogP contribution in [0.4, 0.5) is 0 Å². The van der Waals surface area contributed by atoms with Crippen molar-refractivity contribution in [2.24, 2.45) is 5.16 Å². The molecule has 26 heavy (non-hydrogen) atoms. The molecule has 134 valence electrons. The molecule has 1 spiro atoms. The molecule has 0 N–H and O–H groups in total. The molecular weight excluding hydrogens is 371 g/mol. The summed E-state index contributed by atoms with van der Waals surface area (Å²) >= 11 is 12.5. The lowest BCUT2D eigenvalue weighted by Gasteiger charge is -2.39. The molecule has 2 aromatic rings. The van der Waals surface area contributed by atoms with Crippen LogP contribution in [-0.4, -0.2) is 42.1 Å². The molecule has 2 heterocycles. The zero-order chi connectivity index (χ0) is 18.3. The van der Waals surface area contributed by atoms with E-state index in [1.54, 1.807) is 0 Å². The molecule has 1 saturated heterocycles. The molecule has 0 unspecified atom stereocenters. The van der Waals surface area contributed by atoms with Crippen molar-refractivity contribution in [1.29, 1.82) is 0 Å². The molecular formula is C20H18Cl2N2O2. The van der Waals surface area contributed by atoms with E-state index < -0.39 is 5.60 Å². The van der Waals surface area contributed by atoms with Crippen LogP contribution in [0.2, 0.25) is 10.0 Å². The van der Waals surface area contributed by atoms with Gasteiger partial charge in [-0.05, 0) is 30.8 Å². The van der Waals surface area contributed by atoms with Crippen LogP contribution >= 0.6 is 23.2 Å². The summed E-state index contributed by atoms with van der Waals surface area (Å²) in [6, 6.07) is 15.0. The fourth-order valence-electron chi connectivity index (χ4n) is 3.81. The van der Waals surface area contributed by atoms with Gasteiger partial charge in [-0.15, -0.1) is 0 Å². The summed E-state index contributed by atoms with van der Waals surface area (Å²) in [7, 11) is 1.99. The van der Waals surface area contributed by atoms with Crippen LogP contribution in [0.1, 0.15) is 23.5 Å². The second-order valence-corrected chi connectivity index (χ2v) is 7.67. The Balaban J connectivity index is 1.86. The lowest BCUT2D eigenvalue weighted by atomic mass is 9.73. The van der Waals surface area contributed by atoms with E-state index in [1.165, 1.54) is 0 Å². The summed E-state index contributed by atoms with van der Waals surface area (Å²) < 4.78 is 0. The number of halogens is 2. The Morgan fingerprint density at radius 1 is 1.15 bits per heavy atom. The van der Waals surface area contributed by atoms with Gasteiger partial charge in [0.05, 0.1) is 11.6 Å². The Labute approximate surface area is 162 Å². The maximum atomic E-state index is 13.0. The number of oxime groups is 1. The van der Waals surface area contributed by atoms with Gasteiger partial charge in [-0.2, -0.15) is 0 Å². The van der Waals surface area contributed by atoms with Crippen molar-refractivity contribution in [2.75, 3.05) is 20.1 Å². The highest BCUT2D eigenvalue weighted by Crippen LogP contribution is 2.45. The molecule has 4 rings (SSSR count). The van der Waals surface area contributed by atoms with Crippen LogP contribution < -0.4 is 0 Å². The monoisotopic (exact) mass is 388 g/mol. The lowest BCUT2D eigenvalue weighted by molar-refractivity contribution is -0.150. The van der Waals surface area contributed by atoms with E-state index in [2.05, 4.69) is 10.1 Å². The quantitative estimate of drug-likeness (QED) is 0.775. The van der Waals surface area contributed by atoms with Crippen LogP contribution in [-0.2, 0) is 9.63 Å². The van der Waals surface area contributed by atoms with E-state index in [1.807, 2.05) is 55.6 Å². The first-order valence-electron chi connectivity index (χ1n) is 8.49. The number of hydrogen-bond acceptors (Lipinski definition) is 4. The molecule has 6 heteroatoms. The molecule has 1 fully saturated rings. The third-order valence-electron chi connectivity index (χ3n) is 5.10. The number of carbonyl (C=O) groups is 1. The molecule has 2 aliphatic heterocycles. The number of rotatable bonds is 2. The molecule has 0 saturated carbocycles. The maximum Gasteiger partial charge on any atom is 0.220 e. The highest BCUT2D eigenvalue weighted by atomic mass is 35.5. The minimum Gasteiger partial charge on any atom is -0.378 e. The Kier molecular flexibility index (Phi) is 4.51. The fourth-order valence-corrected chi connectivity index (χ4v) is 4.18. The maximum absolute atomic E-state index is 13.0. The van der Waals surface area contributed by atoms with Gasteiger partial charge in [-0.1, -0.05) is 58.7 Å². The van der Waals surface area contributed by atoms with E-state index >= 15 is 0 Å². The number of likely N-dealkylation sites (tertiary alicyclic amines) is 1. The molecule has 0 bridgehead atoms. The average Bonchev–Trinajstić information content (AvgIpc) is 2.99. The zero-order valence-electron chi connectivity index (χ0n) is 14.3. The third kappa shape index (κ3) is 2.82. The van der Waals surface area contributed by atoms with E-state index in [-0.39, 0.29) is 11.7 Å². The first-order valence-corrected chi connectivity index (χ1v) is 9.25. The number of hydrogen-bond donors (Lipinski definition) is 0. The van der Waals surface area contributed by atoms with Gasteiger partial charge in [0, 0.05) is 35.1 Å². The molecule has 0 aromatic heterocycles. The van der Waals surface area contributed by atoms with Crippen molar-refractivity contribution >= 4 is 34.7 Å². The van der Waals surface area contributed by atoms with Gasteiger partial charge in [0.2, 0.25) is 5.60 Å². The van der Waals surface area contributed by atoms with Crippen molar-refractivity contribution in [1.82, 2.24) is 4.90 Å². The van der Waals surface area contributed by atoms with E-state index in [9.17, 15) is 4.79 Å². The van der Waals surface area contributed by atoms with Gasteiger partial charge in [-0.3, -0.25) is 4.79 Å². The van der Waals surface area contributed by atoms with Crippen molar-refractivity contribution in [3.8, 4) is 0 Å². The minimum atomic E-state index is -1.05. The Bertz CT molecular complexity index is 882. The summed E-state index contributed by atoms with van der Waals surface area (Å²) in [4.78, 5) is 21.0. The first kappa shape index (κ1) is 17.5. The van der Waals surface area contributed by atoms with E-state index in [4.69, 9.17) is 28.0 Å². The zero-order valence-corrected chi connectivity index (χ0v) is 15.8. The smallest absolute Gasteiger partial charge is 0.220 e. The molecule has 2 aliphatic rings. The molecule has 0 aliphatic carbocycles. The van der Waals surface area contributed by atoms with Crippen LogP contribution in [0.5, 0.6) is 0 Å². The van der Waals surface area contributed by atoms with Crippen LogP contribution in [0, 0.1) is 0 Å². The number of benzene rings is 2. The Morgan fingerprint density at radius 2 is 1.88 bits per heavy atom. The molecule has 0 amide bonds. The van der Waals surface area contributed by atoms with Crippen molar-refractivity contribution in [3.05, 3.63) is 69.7 Å². The number of piperidine rings is 1. The average molecular weight is 389 g/mol. The summed E-state index contributed by atoms with van der Waals surface area (Å²) in [5, 5.41) is 5.61. The lowest BCUT2D eigenvalue weighted by Crippen LogP contribution is -2.57. The normalized spacial score (nSPS) is 26.0. The Hall–Kier alpha value is -1.88. The number of likely N-dealkylation sites (N-methyl/N-ethyl adjacent to an activating group) is 1. The summed E-state index contributed by atoms with van der Waals surface area (Å²) in [5.41, 5.74) is 1.38. The topological polar surface area (TPSA) is 41.9 Å². The fraction of sp³-hybridized carbons (Fsp3) is 0.300. The van der Waals surface area contributed by atoms with E-state index in [0.717, 1.165) is 17.7 Å². The first-order chi connectivity index (χ1) is 12.5. The van der Waals surface area contributed by atoms with Crippen LogP contribution in [0.3, 0.4) is 0 Å². The summed E-state index contributed by atoms with van der Waals surface area (Å²) in [6.07, 6.45) is 0.431. The second kappa shape index (κ2) is 6.69. The van der Waals surface area contributed by atoms with Gasteiger partial charge in [0.15, 0.2) is 5.78 Å². The number of ketones is 1. The highest BCUT2D eigenvalue weighted by Gasteiger charge is 2.57. The number of carbonyl (C=O) groups excluding carboxylic acids is 1. The van der Waals surface area contributed by atoms with Gasteiger partial charge < -0.3 is 9.74 Å². The van der Waals surface area contributed by atoms with Crippen molar-refractivity contribution < 1.29 is 9.63 Å². The van der Waals surface area contributed by atoms with Gasteiger partial charge in [-0.25, -0.2) is 0 Å². The SMILES string of the molecule is CN1CCC(=O)[C@@]2(C1)ON=C(c1ccc(Cl)cc1)[C@@H]2c1ccccc1Cl. The van der Waals surface area contributed by atoms with Crippen molar-refractivity contribution in [2.45, 2.75) is 17.9 Å². The predicted molar refractivity (Wildman–Crippen MR) is 103 cm³/mol. The molecule has 4 nitrogen and oxygen atoms in total. The van der Waals surface area contributed by atoms with Gasteiger partial charge >= 0.3 is 0 Å². The molecule has 2 atom stereocenters. The predicted octanol–water partition coefficient (Wildman–Crippen LogP) is 4.15. The van der Waals surface area contributed by atoms with E-state index in [0.29, 0.717) is 28.7 Å². The van der Waals surface area contributed by atoms with Gasteiger partial charge in [0.1, 0.15) is 0 Å². The summed E-state index contributed by atoms with van der Waals surface area (Å²) in [6.45, 7) is 1.19. The minimum absolute atomic E-state index is 0.0632. The Morgan fingerprint density at radius 3 is 2.62 bits per heavy atom. The third-order valence-corrected chi connectivity index (χ3v) is 5.70. The number of Topliss-reactive ketones (excluding diaryl/α,β-unsaturated/α-hetero) is 1. The van der Waals surface area contributed by atoms with Gasteiger partial charge in [0.25, 0.3) is 0 Å². The highest BCUT2D eigenvalue weighted by molar-refractivity contribution is 6.32. The largest absolute Gasteiger partial charge is 0.378 e. The van der Waals surface area contributed by atoms with Crippen molar-refractivity contribution in [3.63, 3.8) is 0 Å². The summed E-state index contributed by atoms with van der Waals surface area (Å²) in [5.74, 6) is -0.305. The standard InChI is InChI=1S/C20H18Cl2N2O2/c1-24-11-10-17(25)20(12-24)18(15-4-2-3-5-16(15)22)19(23-26-20)13-6-8-14(21)9-7-13/h2-9,18H,10-12H2,1H3/t18-,20+/m0/s1. The second-order valence-electron chi connectivity index (χ2n) is 6.83. The molecule has 2 aromatic carbocycles. The number of nitrogens with zero attached hydrogens (tertiary/aromatic N) is 2. The molecule has 0 radical (unpaired) electrons. The van der Waals surface area contributed by atoms with Crippen LogP contribution in [0.15, 0.2) is 53.7 Å². The van der Waals surface area contributed by atoms with Crippen LogP contribution in [0.25, 0.3) is 0 Å².